The molecule has 1 aliphatic rings. The van der Waals surface area contributed by atoms with Crippen LogP contribution in [0, 0.1) is 5.82 Å². The minimum Gasteiger partial charge on any atom is -0.389 e. The monoisotopic (exact) mass is 281 g/mol. The van der Waals surface area contributed by atoms with Crippen LogP contribution in [0.25, 0.3) is 0 Å². The van der Waals surface area contributed by atoms with Crippen LogP contribution in [-0.2, 0) is 0 Å². The molecule has 0 bridgehead atoms. The molecule has 0 aliphatic carbocycles. The van der Waals surface area contributed by atoms with Gasteiger partial charge in [0.15, 0.2) is 0 Å². The molecule has 1 saturated heterocycles. The maximum Gasteiger partial charge on any atom is 0.147 e. The second-order valence-electron chi connectivity index (χ2n) is 5.20. The number of benzene rings is 1. The summed E-state index contributed by atoms with van der Waals surface area (Å²) >= 11 is 4.86. The second-order valence-corrected chi connectivity index (χ2v) is 5.64. The van der Waals surface area contributed by atoms with E-state index in [2.05, 4.69) is 11.9 Å². The Labute approximate surface area is 119 Å². The average Bonchev–Trinajstić information content (AvgIpc) is 2.37. The number of likely N-dealkylation sites (tertiary alicyclic amines) is 1. The summed E-state index contributed by atoms with van der Waals surface area (Å²) in [6.45, 7) is 2.08. The topological polar surface area (TPSA) is 32.5 Å². The molecule has 1 unspecified atom stereocenters. The normalized spacial score (nSPS) is 20.3. The fraction of sp³-hybridized carbons (Fsp3) is 0.500. The van der Waals surface area contributed by atoms with Gasteiger partial charge in [-0.05, 0) is 44.6 Å². The van der Waals surface area contributed by atoms with E-state index in [9.17, 15) is 4.39 Å². The molecule has 104 valence electrons. The zero-order chi connectivity index (χ0) is 14.0. The molecule has 5 heteroatoms. The van der Waals surface area contributed by atoms with E-state index in [1.807, 2.05) is 11.9 Å². The minimum atomic E-state index is -0.263. The van der Waals surface area contributed by atoms with Crippen LogP contribution in [0.5, 0.6) is 0 Å². The molecular formula is C14H20FN3S. The van der Waals surface area contributed by atoms with Gasteiger partial charge in [0, 0.05) is 25.2 Å². The molecule has 1 atom stereocenters. The van der Waals surface area contributed by atoms with Crippen molar-refractivity contribution in [2.45, 2.75) is 18.9 Å². The van der Waals surface area contributed by atoms with Crippen molar-refractivity contribution in [2.24, 2.45) is 5.73 Å². The van der Waals surface area contributed by atoms with Gasteiger partial charge in [0.05, 0.1) is 5.69 Å². The molecule has 1 aliphatic heterocycles. The number of hydrogen-bond donors (Lipinski definition) is 1. The van der Waals surface area contributed by atoms with E-state index >= 15 is 0 Å². The molecule has 0 radical (unpaired) electrons. The van der Waals surface area contributed by atoms with Crippen molar-refractivity contribution in [3.8, 4) is 0 Å². The van der Waals surface area contributed by atoms with E-state index in [1.165, 1.54) is 6.07 Å². The third-order valence-electron chi connectivity index (χ3n) is 3.76. The summed E-state index contributed by atoms with van der Waals surface area (Å²) in [5.41, 5.74) is 6.70. The number of nitrogens with two attached hydrogens (primary N) is 1. The maximum atomic E-state index is 14.1. The number of nitrogens with zero attached hydrogens (tertiary/aromatic N) is 2. The Morgan fingerprint density at radius 2 is 2.26 bits per heavy atom. The summed E-state index contributed by atoms with van der Waals surface area (Å²) in [6, 6.07) is 5.31. The Balaban J connectivity index is 2.19. The van der Waals surface area contributed by atoms with E-state index in [0.717, 1.165) is 25.9 Å². The van der Waals surface area contributed by atoms with Gasteiger partial charge in [-0.1, -0.05) is 12.2 Å². The van der Waals surface area contributed by atoms with Crippen molar-refractivity contribution in [3.05, 3.63) is 29.6 Å². The minimum absolute atomic E-state index is 0.227. The first-order valence-electron chi connectivity index (χ1n) is 6.50. The number of hydrogen-bond acceptors (Lipinski definition) is 3. The van der Waals surface area contributed by atoms with Gasteiger partial charge in [0.2, 0.25) is 0 Å². The zero-order valence-electron chi connectivity index (χ0n) is 11.4. The molecule has 0 spiro atoms. The van der Waals surface area contributed by atoms with Crippen LogP contribution in [-0.4, -0.2) is 43.1 Å². The number of anilines is 1. The Morgan fingerprint density at radius 1 is 1.53 bits per heavy atom. The van der Waals surface area contributed by atoms with Crippen molar-refractivity contribution >= 4 is 22.9 Å². The lowest BCUT2D eigenvalue weighted by molar-refractivity contribution is 0.247. The molecule has 0 amide bonds. The van der Waals surface area contributed by atoms with Gasteiger partial charge < -0.3 is 15.5 Å². The molecule has 1 aromatic carbocycles. The number of halogens is 1. The summed E-state index contributed by atoms with van der Waals surface area (Å²) in [7, 11) is 4.05. The van der Waals surface area contributed by atoms with Crippen LogP contribution >= 0.6 is 12.2 Å². The second kappa shape index (κ2) is 5.84. The summed E-state index contributed by atoms with van der Waals surface area (Å²) < 4.78 is 14.1. The first-order chi connectivity index (χ1) is 8.99. The van der Waals surface area contributed by atoms with E-state index in [1.54, 1.807) is 12.1 Å². The van der Waals surface area contributed by atoms with Crippen molar-refractivity contribution in [1.82, 2.24) is 4.90 Å². The van der Waals surface area contributed by atoms with Crippen LogP contribution in [0.15, 0.2) is 18.2 Å². The van der Waals surface area contributed by atoms with Crippen molar-refractivity contribution < 1.29 is 4.39 Å². The van der Waals surface area contributed by atoms with Gasteiger partial charge in [0.25, 0.3) is 0 Å². The van der Waals surface area contributed by atoms with Crippen LogP contribution in [0.3, 0.4) is 0 Å². The predicted octanol–water partition coefficient (Wildman–Crippen LogP) is 1.99. The lowest BCUT2D eigenvalue weighted by Crippen LogP contribution is -2.45. The Hall–Kier alpha value is -1.20. The van der Waals surface area contributed by atoms with Gasteiger partial charge >= 0.3 is 0 Å². The Bertz CT molecular complexity index is 478. The predicted molar refractivity (Wildman–Crippen MR) is 81.2 cm³/mol. The lowest BCUT2D eigenvalue weighted by atomic mass is 10.0. The van der Waals surface area contributed by atoms with Crippen LogP contribution in [0.4, 0.5) is 10.1 Å². The van der Waals surface area contributed by atoms with E-state index in [4.69, 9.17) is 18.0 Å². The van der Waals surface area contributed by atoms with Gasteiger partial charge in [-0.3, -0.25) is 0 Å². The SMILES string of the molecule is CN1CCCC(N(C)c2ccc(C(N)=S)cc2F)C1. The fourth-order valence-corrected chi connectivity index (χ4v) is 2.73. The molecular weight excluding hydrogens is 261 g/mol. The molecule has 0 saturated carbocycles. The summed E-state index contributed by atoms with van der Waals surface area (Å²) in [4.78, 5) is 4.53. The first kappa shape index (κ1) is 14.2. The lowest BCUT2D eigenvalue weighted by Gasteiger charge is -2.37. The molecule has 1 heterocycles. The zero-order valence-corrected chi connectivity index (χ0v) is 12.2. The van der Waals surface area contributed by atoms with Crippen LogP contribution in [0.2, 0.25) is 0 Å². The largest absolute Gasteiger partial charge is 0.389 e. The highest BCUT2D eigenvalue weighted by Crippen LogP contribution is 2.24. The Morgan fingerprint density at radius 3 is 2.84 bits per heavy atom. The molecule has 1 fully saturated rings. The fourth-order valence-electron chi connectivity index (χ4n) is 2.60. The highest BCUT2D eigenvalue weighted by molar-refractivity contribution is 7.80. The van der Waals surface area contributed by atoms with Crippen LogP contribution < -0.4 is 10.6 Å². The highest BCUT2D eigenvalue weighted by atomic mass is 32.1. The molecule has 2 rings (SSSR count). The van der Waals surface area contributed by atoms with Crippen molar-refractivity contribution in [3.63, 3.8) is 0 Å². The van der Waals surface area contributed by atoms with E-state index in [-0.39, 0.29) is 10.8 Å². The van der Waals surface area contributed by atoms with Gasteiger partial charge in [-0.15, -0.1) is 0 Å². The molecule has 3 nitrogen and oxygen atoms in total. The Kier molecular flexibility index (Phi) is 4.37. The smallest absolute Gasteiger partial charge is 0.147 e. The third-order valence-corrected chi connectivity index (χ3v) is 4.00. The number of likely N-dealkylation sites (N-methyl/N-ethyl adjacent to an activating group) is 2. The molecule has 2 N–H and O–H groups in total. The number of piperidine rings is 1. The van der Waals surface area contributed by atoms with E-state index < -0.39 is 0 Å². The highest BCUT2D eigenvalue weighted by Gasteiger charge is 2.23. The standard InChI is InChI=1S/C14H20FN3S/c1-17-7-3-4-11(9-17)18(2)13-6-5-10(14(16)19)8-12(13)15/h5-6,8,11H,3-4,7,9H2,1-2H3,(H2,16,19). The van der Waals surface area contributed by atoms with Gasteiger partial charge in [-0.25, -0.2) is 4.39 Å². The first-order valence-corrected chi connectivity index (χ1v) is 6.90. The molecule has 1 aromatic rings. The summed E-state index contributed by atoms with van der Waals surface area (Å²) in [5.74, 6) is -0.263. The summed E-state index contributed by atoms with van der Waals surface area (Å²) in [5, 5.41) is 0. The van der Waals surface area contributed by atoms with Gasteiger partial charge in [-0.2, -0.15) is 0 Å². The quantitative estimate of drug-likeness (QED) is 0.859. The average molecular weight is 281 g/mol. The van der Waals surface area contributed by atoms with Crippen molar-refractivity contribution in [1.29, 1.82) is 0 Å². The third kappa shape index (κ3) is 3.22. The summed E-state index contributed by atoms with van der Waals surface area (Å²) in [6.07, 6.45) is 2.25. The van der Waals surface area contributed by atoms with Crippen LogP contribution in [0.1, 0.15) is 18.4 Å². The number of thiocarbonyl (C=S) groups is 1. The van der Waals surface area contributed by atoms with Crippen molar-refractivity contribution in [2.75, 3.05) is 32.1 Å². The molecule has 0 aromatic heterocycles. The van der Waals surface area contributed by atoms with Gasteiger partial charge in [0.1, 0.15) is 10.8 Å². The van der Waals surface area contributed by atoms with E-state index in [0.29, 0.717) is 17.3 Å². The molecule has 19 heavy (non-hydrogen) atoms. The maximum absolute atomic E-state index is 14.1. The number of rotatable bonds is 3.